The predicted molar refractivity (Wildman–Crippen MR) is 103 cm³/mol. The van der Waals surface area contributed by atoms with Crippen LogP contribution in [0, 0.1) is 5.92 Å². The molecule has 1 aromatic heterocycles. The molecule has 1 aromatic rings. The molecule has 1 saturated carbocycles. The van der Waals surface area contributed by atoms with Crippen LogP contribution in [-0.4, -0.2) is 46.3 Å². The van der Waals surface area contributed by atoms with Crippen molar-refractivity contribution in [3.8, 4) is 0 Å². The van der Waals surface area contributed by atoms with Gasteiger partial charge in [-0.15, -0.1) is 11.3 Å². The van der Waals surface area contributed by atoms with Crippen LogP contribution >= 0.6 is 11.3 Å². The van der Waals surface area contributed by atoms with Crippen molar-refractivity contribution in [3.05, 3.63) is 15.6 Å². The number of hydrogen-bond acceptors (Lipinski definition) is 4. The first-order valence-electron chi connectivity index (χ1n) is 10.5. The summed E-state index contributed by atoms with van der Waals surface area (Å²) in [6.45, 7) is 1.33. The van der Waals surface area contributed by atoms with E-state index >= 15 is 0 Å². The van der Waals surface area contributed by atoms with Gasteiger partial charge in [0.25, 0.3) is 5.91 Å². The Kier molecular flexibility index (Phi) is 6.96. The third-order valence-corrected chi connectivity index (χ3v) is 7.81. The number of likely N-dealkylation sites (tertiary alicyclic amines) is 1. The SMILES string of the molecule is CCC(O)c1sc(C2(C(F)(F)F)CCCCC2)nc1C(=O)N1CCC(C(F)(F)F)CC1. The number of aliphatic hydroxyl groups excluding tert-OH is 1. The van der Waals surface area contributed by atoms with E-state index in [0.29, 0.717) is 30.6 Å². The average Bonchev–Trinajstić information content (AvgIpc) is 3.17. The van der Waals surface area contributed by atoms with Crippen molar-refractivity contribution in [1.29, 1.82) is 0 Å². The lowest BCUT2D eigenvalue weighted by Crippen LogP contribution is -2.44. The van der Waals surface area contributed by atoms with Gasteiger partial charge in [0.1, 0.15) is 16.1 Å². The molecule has 1 aliphatic heterocycles. The molecule has 1 aliphatic carbocycles. The van der Waals surface area contributed by atoms with E-state index in [2.05, 4.69) is 4.98 Å². The van der Waals surface area contributed by atoms with Crippen molar-refractivity contribution in [2.75, 3.05) is 13.1 Å². The lowest BCUT2D eigenvalue weighted by Gasteiger charge is -2.37. The summed E-state index contributed by atoms with van der Waals surface area (Å²) in [5.41, 5.74) is -2.41. The van der Waals surface area contributed by atoms with Crippen molar-refractivity contribution in [3.63, 3.8) is 0 Å². The lowest BCUT2D eigenvalue weighted by molar-refractivity contribution is -0.199. The normalized spacial score (nSPS) is 21.9. The van der Waals surface area contributed by atoms with Crippen LogP contribution in [0.15, 0.2) is 0 Å². The van der Waals surface area contributed by atoms with Crippen molar-refractivity contribution in [2.45, 2.75) is 82.2 Å². The quantitative estimate of drug-likeness (QED) is 0.567. The minimum absolute atomic E-state index is 0.0645. The molecule has 31 heavy (non-hydrogen) atoms. The summed E-state index contributed by atoms with van der Waals surface area (Å²) in [6, 6.07) is 0. The number of thiazole rings is 1. The van der Waals surface area contributed by atoms with Gasteiger partial charge in [-0.25, -0.2) is 4.98 Å². The van der Waals surface area contributed by atoms with Crippen LogP contribution in [0.3, 0.4) is 0 Å². The number of amides is 1. The highest BCUT2D eigenvalue weighted by atomic mass is 32.1. The maximum absolute atomic E-state index is 14.1. The summed E-state index contributed by atoms with van der Waals surface area (Å²) in [5.74, 6) is -2.21. The molecule has 1 unspecified atom stereocenters. The van der Waals surface area contributed by atoms with Gasteiger partial charge < -0.3 is 10.0 Å². The Balaban J connectivity index is 1.93. The first-order chi connectivity index (χ1) is 14.4. The van der Waals surface area contributed by atoms with Crippen LogP contribution in [-0.2, 0) is 5.41 Å². The van der Waals surface area contributed by atoms with Gasteiger partial charge >= 0.3 is 12.4 Å². The van der Waals surface area contributed by atoms with Gasteiger partial charge in [0, 0.05) is 13.1 Å². The van der Waals surface area contributed by atoms with E-state index < -0.39 is 35.7 Å². The molecule has 2 aliphatic rings. The van der Waals surface area contributed by atoms with Crippen molar-refractivity contribution >= 4 is 17.2 Å². The van der Waals surface area contributed by atoms with E-state index in [-0.39, 0.29) is 60.8 Å². The van der Waals surface area contributed by atoms with E-state index in [1.807, 2.05) is 0 Å². The number of piperidine rings is 1. The number of carbonyl (C=O) groups excluding carboxylic acids is 1. The van der Waals surface area contributed by atoms with Crippen LogP contribution in [0.5, 0.6) is 0 Å². The zero-order chi connectivity index (χ0) is 23.0. The molecule has 1 N–H and O–H groups in total. The highest BCUT2D eigenvalue weighted by Crippen LogP contribution is 2.52. The zero-order valence-corrected chi connectivity index (χ0v) is 18.0. The van der Waals surface area contributed by atoms with Crippen LogP contribution in [0.1, 0.15) is 84.8 Å². The second-order valence-electron chi connectivity index (χ2n) is 8.40. The fraction of sp³-hybridized carbons (Fsp3) is 0.800. The molecule has 176 valence electrons. The summed E-state index contributed by atoms with van der Waals surface area (Å²) in [7, 11) is 0. The Morgan fingerprint density at radius 1 is 1.16 bits per heavy atom. The van der Waals surface area contributed by atoms with Crippen LogP contribution in [0.25, 0.3) is 0 Å². The molecule has 4 nitrogen and oxygen atoms in total. The molecule has 1 atom stereocenters. The molecule has 2 fully saturated rings. The number of aliphatic hydroxyl groups is 1. The van der Waals surface area contributed by atoms with E-state index in [9.17, 15) is 36.2 Å². The van der Waals surface area contributed by atoms with Crippen molar-refractivity contribution in [2.24, 2.45) is 5.92 Å². The Morgan fingerprint density at radius 3 is 2.23 bits per heavy atom. The maximum Gasteiger partial charge on any atom is 0.400 e. The summed E-state index contributed by atoms with van der Waals surface area (Å²) < 4.78 is 81.1. The van der Waals surface area contributed by atoms with Crippen LogP contribution in [0.2, 0.25) is 0 Å². The molecular formula is C20H26F6N2O2S. The average molecular weight is 472 g/mol. The van der Waals surface area contributed by atoms with Gasteiger partial charge in [-0.2, -0.15) is 26.3 Å². The Hall–Kier alpha value is -1.36. The maximum atomic E-state index is 14.1. The number of rotatable bonds is 4. The van der Waals surface area contributed by atoms with Crippen LogP contribution < -0.4 is 0 Å². The minimum atomic E-state index is -4.55. The summed E-state index contributed by atoms with van der Waals surface area (Å²) >= 11 is 0.713. The molecule has 11 heteroatoms. The number of aromatic nitrogens is 1. The third-order valence-electron chi connectivity index (χ3n) is 6.45. The molecular weight excluding hydrogens is 446 g/mol. The molecule has 3 rings (SSSR count). The first-order valence-corrected chi connectivity index (χ1v) is 11.3. The standard InChI is InChI=1S/C20H26F6N2O2S/c1-2-13(29)15-14(16(30)28-10-6-12(7-11-28)19(21,22)23)27-17(31-15)18(20(24,25)26)8-4-3-5-9-18/h12-13,29H,2-11H2,1H3. The Bertz CT molecular complexity index is 778. The molecule has 1 saturated heterocycles. The van der Waals surface area contributed by atoms with Gasteiger partial charge in [-0.1, -0.05) is 26.2 Å². The van der Waals surface area contributed by atoms with E-state index in [1.54, 1.807) is 6.92 Å². The molecule has 0 radical (unpaired) electrons. The van der Waals surface area contributed by atoms with Gasteiger partial charge in [0.05, 0.1) is 16.9 Å². The Labute approximate surface area is 180 Å². The fourth-order valence-electron chi connectivity index (χ4n) is 4.43. The lowest BCUT2D eigenvalue weighted by atomic mass is 9.74. The smallest absolute Gasteiger partial charge is 0.388 e. The molecule has 0 spiro atoms. The number of nitrogens with zero attached hydrogens (tertiary/aromatic N) is 2. The van der Waals surface area contributed by atoms with Gasteiger partial charge in [0.2, 0.25) is 0 Å². The van der Waals surface area contributed by atoms with E-state index in [0.717, 1.165) is 0 Å². The molecule has 0 aromatic carbocycles. The second kappa shape index (κ2) is 8.88. The third kappa shape index (κ3) is 4.72. The fourth-order valence-corrected chi connectivity index (χ4v) is 5.83. The molecule has 0 bridgehead atoms. The largest absolute Gasteiger partial charge is 0.400 e. The summed E-state index contributed by atoms with van der Waals surface area (Å²) in [6.07, 6.45) is -9.19. The highest BCUT2D eigenvalue weighted by Gasteiger charge is 2.58. The summed E-state index contributed by atoms with van der Waals surface area (Å²) in [5, 5.41) is 10.1. The van der Waals surface area contributed by atoms with Gasteiger partial charge in [-0.3, -0.25) is 4.79 Å². The van der Waals surface area contributed by atoms with Gasteiger partial charge in [0.15, 0.2) is 0 Å². The van der Waals surface area contributed by atoms with E-state index in [4.69, 9.17) is 0 Å². The predicted octanol–water partition coefficient (Wildman–Crippen LogP) is 5.77. The number of alkyl halides is 6. The van der Waals surface area contributed by atoms with Crippen LogP contribution in [0.4, 0.5) is 26.3 Å². The number of carbonyl (C=O) groups is 1. The van der Waals surface area contributed by atoms with Crippen molar-refractivity contribution < 1.29 is 36.2 Å². The van der Waals surface area contributed by atoms with Gasteiger partial charge in [-0.05, 0) is 32.1 Å². The zero-order valence-electron chi connectivity index (χ0n) is 17.2. The summed E-state index contributed by atoms with van der Waals surface area (Å²) in [4.78, 5) is 18.4. The monoisotopic (exact) mass is 472 g/mol. The highest BCUT2D eigenvalue weighted by molar-refractivity contribution is 7.12. The minimum Gasteiger partial charge on any atom is -0.388 e. The van der Waals surface area contributed by atoms with Crippen molar-refractivity contribution in [1.82, 2.24) is 9.88 Å². The molecule has 1 amide bonds. The molecule has 2 heterocycles. The van der Waals surface area contributed by atoms with E-state index in [1.165, 1.54) is 4.90 Å². The topological polar surface area (TPSA) is 53.4 Å². The first kappa shape index (κ1) is 24.3. The Morgan fingerprint density at radius 2 is 1.74 bits per heavy atom. The number of halogens is 6. The number of hydrogen-bond donors (Lipinski definition) is 1. The second-order valence-corrected chi connectivity index (χ2v) is 9.44.